The molecule has 0 bridgehead atoms. The molecule has 2 aromatic rings. The minimum Gasteiger partial charge on any atom is -0.368 e. The average molecular weight is 400 g/mol. The van der Waals surface area contributed by atoms with Gasteiger partial charge in [0.05, 0.1) is 4.88 Å². The van der Waals surface area contributed by atoms with Crippen LogP contribution in [0.1, 0.15) is 48.2 Å². The first-order valence-corrected chi connectivity index (χ1v) is 10.7. The molecule has 1 saturated carbocycles. The molecule has 3 amide bonds. The van der Waals surface area contributed by atoms with Gasteiger partial charge in [-0.25, -0.2) is 0 Å². The van der Waals surface area contributed by atoms with Crippen molar-refractivity contribution < 1.29 is 14.4 Å². The van der Waals surface area contributed by atoms with Gasteiger partial charge in [-0.15, -0.1) is 11.3 Å². The highest BCUT2D eigenvalue weighted by Crippen LogP contribution is 2.30. The Balaban J connectivity index is 1.32. The minimum absolute atomic E-state index is 0.0377. The van der Waals surface area contributed by atoms with Gasteiger partial charge in [-0.05, 0) is 56.0 Å². The van der Waals surface area contributed by atoms with Crippen molar-refractivity contribution in [3.8, 4) is 0 Å². The maximum atomic E-state index is 12.8. The predicted octanol–water partition coefficient (Wildman–Crippen LogP) is 2.67. The minimum atomic E-state index is -0.446. The fourth-order valence-electron chi connectivity index (χ4n) is 4.40. The van der Waals surface area contributed by atoms with E-state index >= 15 is 0 Å². The van der Waals surface area contributed by atoms with Crippen LogP contribution in [0.4, 0.5) is 0 Å². The van der Waals surface area contributed by atoms with Crippen molar-refractivity contribution in [3.63, 3.8) is 0 Å². The van der Waals surface area contributed by atoms with Gasteiger partial charge >= 0.3 is 0 Å². The van der Waals surface area contributed by atoms with Gasteiger partial charge in [-0.1, -0.05) is 18.2 Å². The van der Waals surface area contributed by atoms with E-state index in [2.05, 4.69) is 5.32 Å². The van der Waals surface area contributed by atoms with E-state index in [1.807, 2.05) is 30.3 Å². The highest BCUT2D eigenvalue weighted by Gasteiger charge is 2.37. The van der Waals surface area contributed by atoms with Crippen LogP contribution in [0.5, 0.6) is 0 Å². The van der Waals surface area contributed by atoms with Gasteiger partial charge in [0.15, 0.2) is 0 Å². The maximum Gasteiger partial charge on any atom is 0.261 e. The van der Waals surface area contributed by atoms with Crippen molar-refractivity contribution in [3.05, 3.63) is 35.2 Å². The number of hydrogen-bond acceptors (Lipinski definition) is 4. The zero-order chi connectivity index (χ0) is 19.7. The van der Waals surface area contributed by atoms with Crippen molar-refractivity contribution >= 4 is 39.1 Å². The second-order valence-corrected chi connectivity index (χ2v) is 8.85. The first-order chi connectivity index (χ1) is 13.5. The zero-order valence-electron chi connectivity index (χ0n) is 15.7. The van der Waals surface area contributed by atoms with Crippen LogP contribution in [0.25, 0.3) is 10.1 Å². The second kappa shape index (κ2) is 7.91. The average Bonchev–Trinajstić information content (AvgIpc) is 3.35. The fraction of sp³-hybridized carbons (Fsp3) is 0.476. The third-order valence-electron chi connectivity index (χ3n) is 5.93. The number of nitrogens with two attached hydrogens (primary N) is 1. The van der Waals surface area contributed by atoms with E-state index in [1.165, 1.54) is 11.3 Å². The highest BCUT2D eigenvalue weighted by molar-refractivity contribution is 7.20. The van der Waals surface area contributed by atoms with Gasteiger partial charge in [0.25, 0.3) is 5.91 Å². The Kier molecular flexibility index (Phi) is 5.35. The van der Waals surface area contributed by atoms with Crippen LogP contribution in [0.15, 0.2) is 30.3 Å². The molecule has 1 aromatic carbocycles. The van der Waals surface area contributed by atoms with Crippen LogP contribution in [-0.4, -0.2) is 41.2 Å². The van der Waals surface area contributed by atoms with Crippen molar-refractivity contribution in [2.45, 2.75) is 50.6 Å². The molecule has 3 N–H and O–H groups in total. The summed E-state index contributed by atoms with van der Waals surface area (Å²) in [6.07, 6.45) is 4.53. The molecule has 0 radical (unpaired) electrons. The zero-order valence-corrected chi connectivity index (χ0v) is 16.5. The third kappa shape index (κ3) is 3.76. The largest absolute Gasteiger partial charge is 0.368 e. The predicted molar refractivity (Wildman–Crippen MR) is 109 cm³/mol. The van der Waals surface area contributed by atoms with Crippen LogP contribution in [0.3, 0.4) is 0 Å². The Morgan fingerprint density at radius 2 is 1.82 bits per heavy atom. The Hall–Kier alpha value is -2.41. The lowest BCUT2D eigenvalue weighted by Gasteiger charge is -2.32. The topological polar surface area (TPSA) is 92.5 Å². The number of nitrogens with one attached hydrogen (secondary N) is 1. The summed E-state index contributed by atoms with van der Waals surface area (Å²) in [4.78, 5) is 39.3. The molecule has 1 aliphatic heterocycles. The van der Waals surface area contributed by atoms with E-state index in [4.69, 9.17) is 5.73 Å². The van der Waals surface area contributed by atoms with Crippen LogP contribution in [0.2, 0.25) is 0 Å². The summed E-state index contributed by atoms with van der Waals surface area (Å²) >= 11 is 1.50. The quantitative estimate of drug-likeness (QED) is 0.828. The number of likely N-dealkylation sites (tertiary alicyclic amines) is 1. The van der Waals surface area contributed by atoms with E-state index in [9.17, 15) is 14.4 Å². The van der Waals surface area contributed by atoms with E-state index in [0.717, 1.165) is 47.1 Å². The monoisotopic (exact) mass is 399 g/mol. The van der Waals surface area contributed by atoms with E-state index in [1.54, 1.807) is 4.90 Å². The summed E-state index contributed by atoms with van der Waals surface area (Å²) in [5.41, 5.74) is 5.44. The molecule has 1 aromatic heterocycles. The summed E-state index contributed by atoms with van der Waals surface area (Å²) in [6.45, 7) is 0.620. The van der Waals surface area contributed by atoms with E-state index in [-0.39, 0.29) is 23.8 Å². The molecule has 6 nitrogen and oxygen atoms in total. The summed E-state index contributed by atoms with van der Waals surface area (Å²) in [5.74, 6) is -0.465. The van der Waals surface area contributed by atoms with Crippen LogP contribution in [-0.2, 0) is 9.59 Å². The number of amides is 3. The normalized spacial score (nSPS) is 25.0. The highest BCUT2D eigenvalue weighted by atomic mass is 32.1. The van der Waals surface area contributed by atoms with Crippen LogP contribution >= 0.6 is 11.3 Å². The van der Waals surface area contributed by atoms with Crippen LogP contribution in [0, 0.1) is 5.92 Å². The molecule has 0 spiro atoms. The lowest BCUT2D eigenvalue weighted by atomic mass is 9.85. The number of carbonyl (C=O) groups is 3. The number of thiophene rings is 1. The number of primary amides is 1. The molecule has 2 heterocycles. The summed E-state index contributed by atoms with van der Waals surface area (Å²) in [5, 5.41) is 4.21. The van der Waals surface area contributed by atoms with Crippen LogP contribution < -0.4 is 11.1 Å². The number of hydrogen-bond donors (Lipinski definition) is 2. The molecule has 4 rings (SSSR count). The number of fused-ring (bicyclic) bond motifs is 1. The molecule has 7 heteroatoms. The van der Waals surface area contributed by atoms with Crippen molar-refractivity contribution in [1.82, 2.24) is 10.2 Å². The smallest absolute Gasteiger partial charge is 0.261 e. The number of carbonyl (C=O) groups excluding carboxylic acids is 3. The molecular formula is C21H25N3O3S. The molecule has 148 valence electrons. The van der Waals surface area contributed by atoms with Gasteiger partial charge in [0, 0.05) is 23.2 Å². The van der Waals surface area contributed by atoms with Gasteiger partial charge in [0.2, 0.25) is 11.8 Å². The number of benzene rings is 1. The molecular weight excluding hydrogens is 374 g/mol. The Morgan fingerprint density at radius 1 is 1.07 bits per heavy atom. The Labute approximate surface area is 168 Å². The standard InChI is InChI=1S/C21H25N3O3S/c22-19(25)16-5-3-11-24(16)21(27)13-7-9-15(10-8-13)23-20(26)18-12-14-4-1-2-6-17(14)28-18/h1-2,4,6,12-13,15-16H,3,5,7-11H2,(H2,22,25)(H,23,26)/t13?,15?,16-/m1/s1. The molecule has 1 aliphatic carbocycles. The molecule has 28 heavy (non-hydrogen) atoms. The molecule has 2 aliphatic rings. The lowest BCUT2D eigenvalue weighted by Crippen LogP contribution is -2.47. The molecule has 1 atom stereocenters. The SMILES string of the molecule is NC(=O)[C@H]1CCCN1C(=O)C1CCC(NC(=O)c2cc3ccccc3s2)CC1. The Morgan fingerprint density at radius 3 is 2.54 bits per heavy atom. The number of nitrogens with zero attached hydrogens (tertiary/aromatic N) is 1. The van der Waals surface area contributed by atoms with E-state index < -0.39 is 11.9 Å². The first kappa shape index (κ1) is 18.9. The van der Waals surface area contributed by atoms with Crippen molar-refractivity contribution in [1.29, 1.82) is 0 Å². The summed E-state index contributed by atoms with van der Waals surface area (Å²) in [6, 6.07) is 9.55. The summed E-state index contributed by atoms with van der Waals surface area (Å²) < 4.78 is 1.11. The molecule has 2 fully saturated rings. The van der Waals surface area contributed by atoms with Gasteiger partial charge < -0.3 is 16.0 Å². The Bertz CT molecular complexity index is 868. The number of rotatable bonds is 4. The third-order valence-corrected chi connectivity index (χ3v) is 7.04. The second-order valence-electron chi connectivity index (χ2n) is 7.76. The van der Waals surface area contributed by atoms with Gasteiger partial charge in [0.1, 0.15) is 6.04 Å². The first-order valence-electron chi connectivity index (χ1n) is 9.92. The van der Waals surface area contributed by atoms with Crippen molar-refractivity contribution in [2.24, 2.45) is 11.7 Å². The summed E-state index contributed by atoms with van der Waals surface area (Å²) in [7, 11) is 0. The van der Waals surface area contributed by atoms with Gasteiger partial charge in [-0.3, -0.25) is 14.4 Å². The fourth-order valence-corrected chi connectivity index (χ4v) is 5.36. The molecule has 0 unspecified atom stereocenters. The van der Waals surface area contributed by atoms with Gasteiger partial charge in [-0.2, -0.15) is 0 Å². The lowest BCUT2D eigenvalue weighted by molar-refractivity contribution is -0.141. The maximum absolute atomic E-state index is 12.8. The van der Waals surface area contributed by atoms with E-state index in [0.29, 0.717) is 13.0 Å². The molecule has 1 saturated heterocycles. The van der Waals surface area contributed by atoms with Crippen molar-refractivity contribution in [2.75, 3.05) is 6.54 Å².